The van der Waals surface area contributed by atoms with Crippen LogP contribution >= 0.6 is 0 Å². The number of rotatable bonds is 7. The fourth-order valence-corrected chi connectivity index (χ4v) is 2.53. The highest BCUT2D eigenvalue weighted by molar-refractivity contribution is 5.49. The van der Waals surface area contributed by atoms with Gasteiger partial charge in [0.15, 0.2) is 0 Å². The predicted octanol–water partition coefficient (Wildman–Crippen LogP) is 2.96. The van der Waals surface area contributed by atoms with E-state index in [0.717, 1.165) is 12.8 Å². The minimum absolute atomic E-state index is 0.247. The Morgan fingerprint density at radius 3 is 2.81 bits per heavy atom. The summed E-state index contributed by atoms with van der Waals surface area (Å²) in [5.41, 5.74) is 0.325. The summed E-state index contributed by atoms with van der Waals surface area (Å²) in [6, 6.07) is 4.47. The van der Waals surface area contributed by atoms with Gasteiger partial charge >= 0.3 is 0 Å². The van der Waals surface area contributed by atoms with Crippen LogP contribution in [0.3, 0.4) is 0 Å². The smallest absolute Gasteiger partial charge is 0.146 e. The Labute approximate surface area is 125 Å². The number of ether oxygens (including phenoxy) is 2. The summed E-state index contributed by atoms with van der Waals surface area (Å²) in [5, 5.41) is 12.8. The minimum Gasteiger partial charge on any atom is -0.497 e. The van der Waals surface area contributed by atoms with E-state index in [1.54, 1.807) is 12.1 Å². The van der Waals surface area contributed by atoms with E-state index >= 15 is 0 Å². The largest absolute Gasteiger partial charge is 0.497 e. The van der Waals surface area contributed by atoms with Crippen LogP contribution in [0, 0.1) is 5.82 Å². The lowest BCUT2D eigenvalue weighted by molar-refractivity contribution is -0.0195. The van der Waals surface area contributed by atoms with E-state index in [0.29, 0.717) is 11.4 Å². The molecule has 1 unspecified atom stereocenters. The third-order valence-corrected chi connectivity index (χ3v) is 3.78. The number of aliphatic hydroxyl groups is 1. The van der Waals surface area contributed by atoms with E-state index in [9.17, 15) is 9.50 Å². The molecular formula is C16H24FNO3. The molecule has 2 N–H and O–H groups in total. The molecule has 1 saturated carbocycles. The quantitative estimate of drug-likeness (QED) is 0.812. The highest BCUT2D eigenvalue weighted by Crippen LogP contribution is 2.22. The molecule has 5 heteroatoms. The lowest BCUT2D eigenvalue weighted by Crippen LogP contribution is -2.28. The Bertz CT molecular complexity index is 436. The molecule has 0 aliphatic heterocycles. The van der Waals surface area contributed by atoms with E-state index in [4.69, 9.17) is 9.47 Å². The molecule has 1 aromatic carbocycles. The molecule has 0 amide bonds. The second kappa shape index (κ2) is 8.20. The van der Waals surface area contributed by atoms with Crippen molar-refractivity contribution >= 4 is 5.69 Å². The molecule has 1 aliphatic carbocycles. The Kier molecular flexibility index (Phi) is 6.26. The van der Waals surface area contributed by atoms with Crippen LogP contribution in [-0.4, -0.2) is 37.6 Å². The Morgan fingerprint density at radius 2 is 2.10 bits per heavy atom. The highest BCUT2D eigenvalue weighted by atomic mass is 19.1. The molecule has 0 saturated heterocycles. The summed E-state index contributed by atoms with van der Waals surface area (Å²) in [5.74, 6) is 0.211. The summed E-state index contributed by atoms with van der Waals surface area (Å²) < 4.78 is 24.4. The van der Waals surface area contributed by atoms with Gasteiger partial charge in [0, 0.05) is 12.6 Å². The average molecular weight is 297 g/mol. The van der Waals surface area contributed by atoms with Crippen LogP contribution in [0.25, 0.3) is 0 Å². The zero-order valence-electron chi connectivity index (χ0n) is 12.5. The maximum atomic E-state index is 13.6. The molecule has 0 heterocycles. The van der Waals surface area contributed by atoms with Crippen LogP contribution in [0.5, 0.6) is 5.75 Å². The van der Waals surface area contributed by atoms with Gasteiger partial charge in [-0.05, 0) is 25.0 Å². The third kappa shape index (κ3) is 5.17. The molecule has 0 aromatic heterocycles. The van der Waals surface area contributed by atoms with E-state index in [1.807, 2.05) is 0 Å². The molecule has 1 aliphatic rings. The lowest BCUT2D eigenvalue weighted by Gasteiger charge is -2.23. The molecular weight excluding hydrogens is 273 g/mol. The first-order chi connectivity index (χ1) is 10.2. The topological polar surface area (TPSA) is 50.7 Å². The zero-order valence-corrected chi connectivity index (χ0v) is 12.5. The Hall–Kier alpha value is -1.33. The second-order valence-corrected chi connectivity index (χ2v) is 5.47. The molecule has 1 aromatic rings. The average Bonchev–Trinajstić information content (AvgIpc) is 2.53. The van der Waals surface area contributed by atoms with Gasteiger partial charge in [-0.1, -0.05) is 19.3 Å². The number of aliphatic hydroxyl groups excluding tert-OH is 1. The second-order valence-electron chi connectivity index (χ2n) is 5.47. The number of nitrogens with one attached hydrogen (secondary N) is 1. The number of benzene rings is 1. The number of halogens is 1. The van der Waals surface area contributed by atoms with Crippen LogP contribution in [-0.2, 0) is 4.74 Å². The van der Waals surface area contributed by atoms with Crippen molar-refractivity contribution in [1.82, 2.24) is 0 Å². The van der Waals surface area contributed by atoms with E-state index in [-0.39, 0.29) is 25.1 Å². The molecule has 4 nitrogen and oxygen atoms in total. The fraction of sp³-hybridized carbons (Fsp3) is 0.625. The van der Waals surface area contributed by atoms with E-state index in [2.05, 4.69) is 5.32 Å². The number of anilines is 1. The van der Waals surface area contributed by atoms with E-state index < -0.39 is 6.10 Å². The molecule has 0 spiro atoms. The minimum atomic E-state index is -0.655. The molecule has 21 heavy (non-hydrogen) atoms. The Balaban J connectivity index is 1.74. The van der Waals surface area contributed by atoms with Crippen LogP contribution in [0.15, 0.2) is 18.2 Å². The van der Waals surface area contributed by atoms with Crippen molar-refractivity contribution in [2.45, 2.75) is 44.3 Å². The van der Waals surface area contributed by atoms with Crippen molar-refractivity contribution in [2.24, 2.45) is 0 Å². The molecule has 0 radical (unpaired) electrons. The third-order valence-electron chi connectivity index (χ3n) is 3.78. The Morgan fingerprint density at radius 1 is 1.33 bits per heavy atom. The van der Waals surface area contributed by atoms with Gasteiger partial charge in [-0.2, -0.15) is 0 Å². The summed E-state index contributed by atoms with van der Waals surface area (Å²) in [4.78, 5) is 0. The van der Waals surface area contributed by atoms with Gasteiger partial charge in [0.25, 0.3) is 0 Å². The molecule has 118 valence electrons. The SMILES string of the molecule is COc1ccc(F)c(NCC(O)COC2CCCCC2)c1. The van der Waals surface area contributed by atoms with Crippen LogP contribution < -0.4 is 10.1 Å². The van der Waals surface area contributed by atoms with Gasteiger partial charge in [0.2, 0.25) is 0 Å². The van der Waals surface area contributed by atoms with Crippen LogP contribution in [0.2, 0.25) is 0 Å². The van der Waals surface area contributed by atoms with Gasteiger partial charge in [-0.3, -0.25) is 0 Å². The maximum Gasteiger partial charge on any atom is 0.146 e. The van der Waals surface area contributed by atoms with Gasteiger partial charge in [-0.25, -0.2) is 4.39 Å². The number of hydrogen-bond donors (Lipinski definition) is 2. The number of hydrogen-bond acceptors (Lipinski definition) is 4. The van der Waals surface area contributed by atoms with Gasteiger partial charge in [0.1, 0.15) is 11.6 Å². The lowest BCUT2D eigenvalue weighted by atomic mass is 9.98. The first kappa shape index (κ1) is 16.0. The van der Waals surface area contributed by atoms with Gasteiger partial charge in [-0.15, -0.1) is 0 Å². The number of methoxy groups -OCH3 is 1. The van der Waals surface area contributed by atoms with E-state index in [1.165, 1.54) is 32.4 Å². The summed E-state index contributed by atoms with van der Waals surface area (Å²) in [7, 11) is 1.53. The van der Waals surface area contributed by atoms with Crippen molar-refractivity contribution < 1.29 is 19.0 Å². The van der Waals surface area contributed by atoms with Crippen molar-refractivity contribution in [3.05, 3.63) is 24.0 Å². The molecule has 1 atom stereocenters. The van der Waals surface area contributed by atoms with Crippen LogP contribution in [0.4, 0.5) is 10.1 Å². The molecule has 0 bridgehead atoms. The first-order valence-electron chi connectivity index (χ1n) is 7.56. The summed E-state index contributed by atoms with van der Waals surface area (Å²) >= 11 is 0. The van der Waals surface area contributed by atoms with Crippen molar-refractivity contribution in [3.63, 3.8) is 0 Å². The van der Waals surface area contributed by atoms with Gasteiger partial charge < -0.3 is 19.9 Å². The first-order valence-corrected chi connectivity index (χ1v) is 7.56. The van der Waals surface area contributed by atoms with Crippen molar-refractivity contribution in [1.29, 1.82) is 0 Å². The summed E-state index contributed by atoms with van der Waals surface area (Å²) in [6.45, 7) is 0.528. The molecule has 2 rings (SSSR count). The maximum absolute atomic E-state index is 13.6. The fourth-order valence-electron chi connectivity index (χ4n) is 2.53. The van der Waals surface area contributed by atoms with Crippen molar-refractivity contribution in [2.75, 3.05) is 25.6 Å². The molecule has 1 fully saturated rings. The normalized spacial score (nSPS) is 17.5. The van der Waals surface area contributed by atoms with Crippen molar-refractivity contribution in [3.8, 4) is 5.75 Å². The van der Waals surface area contributed by atoms with Gasteiger partial charge in [0.05, 0.1) is 31.6 Å². The standard InChI is InChI=1S/C16H24FNO3/c1-20-14-7-8-15(17)16(9-14)18-10-12(19)11-21-13-5-3-2-4-6-13/h7-9,12-13,18-19H,2-6,10-11H2,1H3. The van der Waals surface area contributed by atoms with Crippen LogP contribution in [0.1, 0.15) is 32.1 Å². The predicted molar refractivity (Wildman–Crippen MR) is 80.3 cm³/mol. The zero-order chi connectivity index (χ0) is 15.1. The highest BCUT2D eigenvalue weighted by Gasteiger charge is 2.15. The summed E-state index contributed by atoms with van der Waals surface area (Å²) in [6.07, 6.45) is 5.44. The monoisotopic (exact) mass is 297 g/mol.